The number of anilines is 1. The minimum atomic E-state index is -0.117. The average molecular weight is 442 g/mol. The molecule has 0 spiro atoms. The van der Waals surface area contributed by atoms with Gasteiger partial charge in [-0.25, -0.2) is 4.98 Å². The highest BCUT2D eigenvalue weighted by molar-refractivity contribution is 6.30. The van der Waals surface area contributed by atoms with Crippen molar-refractivity contribution in [1.29, 1.82) is 0 Å². The molecule has 7 nitrogen and oxygen atoms in total. The number of pyridine rings is 1. The first-order chi connectivity index (χ1) is 15.1. The second kappa shape index (κ2) is 9.41. The fraction of sp³-hybridized carbons (Fsp3) is 0.304. The first kappa shape index (κ1) is 21.2. The van der Waals surface area contributed by atoms with Gasteiger partial charge in [0.25, 0.3) is 0 Å². The Bertz CT molecular complexity index is 1110. The molecule has 0 radical (unpaired) electrons. The van der Waals surface area contributed by atoms with Gasteiger partial charge in [-0.05, 0) is 36.9 Å². The highest BCUT2D eigenvalue weighted by Gasteiger charge is 2.16. The number of methoxy groups -OCH3 is 1. The van der Waals surface area contributed by atoms with Gasteiger partial charge >= 0.3 is 0 Å². The highest BCUT2D eigenvalue weighted by atomic mass is 35.5. The van der Waals surface area contributed by atoms with E-state index in [0.29, 0.717) is 48.6 Å². The number of carbonyl (C=O) groups excluding carboxylic acids is 1. The standard InChI is InChI=1S/C23H24ClN3O4/c1-3-27(13-16-10-15-4-6-18(29-2)12-19(15)26-23(16)24)14-22(28)25-17-5-7-20-21(11-17)31-9-8-30-20/h4-7,10-12H,3,8-9,13-14H2,1-2H3,(H,25,28). The van der Waals surface area contributed by atoms with Crippen LogP contribution in [0.2, 0.25) is 5.15 Å². The predicted molar refractivity (Wildman–Crippen MR) is 120 cm³/mol. The minimum absolute atomic E-state index is 0.117. The Hall–Kier alpha value is -3.03. The number of fused-ring (bicyclic) bond motifs is 2. The fourth-order valence-electron chi connectivity index (χ4n) is 3.45. The molecule has 4 rings (SSSR count). The van der Waals surface area contributed by atoms with Gasteiger partial charge in [0, 0.05) is 35.3 Å². The number of hydrogen-bond donors (Lipinski definition) is 1. The first-order valence-corrected chi connectivity index (χ1v) is 10.5. The van der Waals surface area contributed by atoms with Gasteiger partial charge in [-0.1, -0.05) is 18.5 Å². The second-order valence-corrected chi connectivity index (χ2v) is 7.56. The van der Waals surface area contributed by atoms with Gasteiger partial charge in [-0.2, -0.15) is 0 Å². The van der Waals surface area contributed by atoms with E-state index in [1.807, 2.05) is 36.1 Å². The molecule has 2 aromatic carbocycles. The molecule has 1 aliphatic heterocycles. The Labute approximate surface area is 185 Å². The number of carbonyl (C=O) groups is 1. The summed E-state index contributed by atoms with van der Waals surface area (Å²) in [5.74, 6) is 1.94. The number of benzene rings is 2. The SMILES string of the molecule is CCN(CC(=O)Nc1ccc2c(c1)OCCO2)Cc1cc2ccc(OC)cc2nc1Cl. The van der Waals surface area contributed by atoms with E-state index in [-0.39, 0.29) is 12.5 Å². The van der Waals surface area contributed by atoms with Crippen molar-refractivity contribution < 1.29 is 19.0 Å². The molecule has 2 heterocycles. The molecule has 0 fully saturated rings. The second-order valence-electron chi connectivity index (χ2n) is 7.21. The third-order valence-corrected chi connectivity index (χ3v) is 5.41. The van der Waals surface area contributed by atoms with Crippen LogP contribution in [0.4, 0.5) is 5.69 Å². The third kappa shape index (κ3) is 5.00. The van der Waals surface area contributed by atoms with E-state index in [0.717, 1.165) is 22.2 Å². The monoisotopic (exact) mass is 441 g/mol. The number of hydrogen-bond acceptors (Lipinski definition) is 6. The topological polar surface area (TPSA) is 72.9 Å². The van der Waals surface area contributed by atoms with Crippen molar-refractivity contribution in [3.63, 3.8) is 0 Å². The van der Waals surface area contributed by atoms with Crippen molar-refractivity contribution in [3.05, 3.63) is 53.2 Å². The Kier molecular flexibility index (Phi) is 6.44. The minimum Gasteiger partial charge on any atom is -0.497 e. The number of halogens is 1. The van der Waals surface area contributed by atoms with E-state index >= 15 is 0 Å². The lowest BCUT2D eigenvalue weighted by atomic mass is 10.1. The summed E-state index contributed by atoms with van der Waals surface area (Å²) in [6, 6.07) is 13.1. The van der Waals surface area contributed by atoms with Crippen LogP contribution in [0, 0.1) is 0 Å². The molecule has 3 aromatic rings. The predicted octanol–water partition coefficient (Wildman–Crippen LogP) is 4.13. The maximum atomic E-state index is 12.6. The van der Waals surface area contributed by atoms with E-state index < -0.39 is 0 Å². The summed E-state index contributed by atoms with van der Waals surface area (Å²) in [6.45, 7) is 4.46. The number of ether oxygens (including phenoxy) is 3. The maximum Gasteiger partial charge on any atom is 0.238 e. The van der Waals surface area contributed by atoms with Crippen molar-refractivity contribution in [2.45, 2.75) is 13.5 Å². The van der Waals surface area contributed by atoms with Crippen molar-refractivity contribution in [3.8, 4) is 17.2 Å². The van der Waals surface area contributed by atoms with Gasteiger partial charge in [-0.3, -0.25) is 9.69 Å². The summed E-state index contributed by atoms with van der Waals surface area (Å²) < 4.78 is 16.3. The molecule has 0 unspecified atom stereocenters. The summed E-state index contributed by atoms with van der Waals surface area (Å²) >= 11 is 6.43. The van der Waals surface area contributed by atoms with Gasteiger partial charge in [0.1, 0.15) is 24.1 Å². The number of amides is 1. The van der Waals surface area contributed by atoms with Crippen LogP contribution in [0.15, 0.2) is 42.5 Å². The maximum absolute atomic E-state index is 12.6. The van der Waals surface area contributed by atoms with E-state index in [4.69, 9.17) is 25.8 Å². The molecule has 8 heteroatoms. The van der Waals surface area contributed by atoms with Crippen LogP contribution in [0.25, 0.3) is 10.9 Å². The Morgan fingerprint density at radius 2 is 1.97 bits per heavy atom. The summed E-state index contributed by atoms with van der Waals surface area (Å²) in [7, 11) is 1.62. The molecule has 0 aliphatic carbocycles. The molecule has 0 saturated heterocycles. The Morgan fingerprint density at radius 1 is 1.16 bits per heavy atom. The van der Waals surface area contributed by atoms with Crippen molar-refractivity contribution >= 4 is 34.1 Å². The molecule has 31 heavy (non-hydrogen) atoms. The molecule has 1 amide bonds. The van der Waals surface area contributed by atoms with Gasteiger partial charge in [0.05, 0.1) is 19.2 Å². The molecule has 0 saturated carbocycles. The quantitative estimate of drug-likeness (QED) is 0.556. The van der Waals surface area contributed by atoms with E-state index in [2.05, 4.69) is 10.3 Å². The number of aromatic nitrogens is 1. The molecule has 162 valence electrons. The van der Waals surface area contributed by atoms with Crippen LogP contribution in [0.1, 0.15) is 12.5 Å². The molecular formula is C23H24ClN3O4. The molecule has 0 bridgehead atoms. The lowest BCUT2D eigenvalue weighted by molar-refractivity contribution is -0.117. The largest absolute Gasteiger partial charge is 0.497 e. The molecular weight excluding hydrogens is 418 g/mol. The van der Waals surface area contributed by atoms with Crippen molar-refractivity contribution in [1.82, 2.24) is 9.88 Å². The summed E-state index contributed by atoms with van der Waals surface area (Å²) in [5.41, 5.74) is 2.31. The van der Waals surface area contributed by atoms with Crippen molar-refractivity contribution in [2.24, 2.45) is 0 Å². The zero-order chi connectivity index (χ0) is 21.8. The third-order valence-electron chi connectivity index (χ3n) is 5.09. The van der Waals surface area contributed by atoms with Crippen LogP contribution in [0.5, 0.6) is 17.2 Å². The summed E-state index contributed by atoms with van der Waals surface area (Å²) in [4.78, 5) is 19.1. The van der Waals surface area contributed by atoms with Gasteiger partial charge in [-0.15, -0.1) is 0 Å². The van der Waals surface area contributed by atoms with Crippen LogP contribution in [0.3, 0.4) is 0 Å². The lowest BCUT2D eigenvalue weighted by Gasteiger charge is -2.21. The average Bonchev–Trinajstić information content (AvgIpc) is 2.78. The van der Waals surface area contributed by atoms with Crippen LogP contribution < -0.4 is 19.5 Å². The van der Waals surface area contributed by atoms with E-state index in [1.165, 1.54) is 0 Å². The molecule has 1 aliphatic rings. The number of nitrogens with zero attached hydrogens (tertiary/aromatic N) is 2. The zero-order valence-corrected chi connectivity index (χ0v) is 18.2. The van der Waals surface area contributed by atoms with Crippen LogP contribution in [-0.4, -0.2) is 49.2 Å². The Balaban J connectivity index is 1.43. The molecule has 1 N–H and O–H groups in total. The highest BCUT2D eigenvalue weighted by Crippen LogP contribution is 2.32. The molecule has 1 aromatic heterocycles. The van der Waals surface area contributed by atoms with Gasteiger partial charge in [0.2, 0.25) is 5.91 Å². The van der Waals surface area contributed by atoms with Crippen LogP contribution in [-0.2, 0) is 11.3 Å². The number of likely N-dealkylation sites (N-methyl/N-ethyl adjacent to an activating group) is 1. The van der Waals surface area contributed by atoms with E-state index in [1.54, 1.807) is 25.3 Å². The van der Waals surface area contributed by atoms with Crippen molar-refractivity contribution in [2.75, 3.05) is 38.7 Å². The Morgan fingerprint density at radius 3 is 2.74 bits per heavy atom. The van der Waals surface area contributed by atoms with Gasteiger partial charge < -0.3 is 19.5 Å². The zero-order valence-electron chi connectivity index (χ0n) is 17.5. The normalized spacial score (nSPS) is 12.8. The first-order valence-electron chi connectivity index (χ1n) is 10.1. The summed E-state index contributed by atoms with van der Waals surface area (Å²) in [6.07, 6.45) is 0. The van der Waals surface area contributed by atoms with E-state index in [9.17, 15) is 4.79 Å². The van der Waals surface area contributed by atoms with Gasteiger partial charge in [0.15, 0.2) is 11.5 Å². The number of nitrogens with one attached hydrogen (secondary N) is 1. The van der Waals surface area contributed by atoms with Crippen LogP contribution >= 0.6 is 11.6 Å². The fourth-order valence-corrected chi connectivity index (χ4v) is 3.66. The lowest BCUT2D eigenvalue weighted by Crippen LogP contribution is -2.33. The summed E-state index contributed by atoms with van der Waals surface area (Å²) in [5, 5.41) is 4.31. The number of rotatable bonds is 7. The molecule has 0 atom stereocenters. The smallest absolute Gasteiger partial charge is 0.238 e.